The van der Waals surface area contributed by atoms with Crippen LogP contribution in [0.15, 0.2) is 12.1 Å². The van der Waals surface area contributed by atoms with Gasteiger partial charge in [0.05, 0.1) is 9.83 Å². The molecule has 1 aliphatic heterocycles. The van der Waals surface area contributed by atoms with Crippen LogP contribution >= 0.6 is 22.6 Å². The Kier molecular flexibility index (Phi) is 5.38. The van der Waals surface area contributed by atoms with Crippen LogP contribution in [0.2, 0.25) is 0 Å². The van der Waals surface area contributed by atoms with Crippen LogP contribution in [0.4, 0.5) is 14.5 Å². The van der Waals surface area contributed by atoms with Crippen LogP contribution < -0.4 is 5.32 Å². The van der Waals surface area contributed by atoms with Gasteiger partial charge in [0, 0.05) is 12.2 Å². The Morgan fingerprint density at radius 3 is 2.45 bits per heavy atom. The van der Waals surface area contributed by atoms with E-state index in [1.165, 1.54) is 22.6 Å². The van der Waals surface area contributed by atoms with Gasteiger partial charge in [0.1, 0.15) is 17.7 Å². The minimum absolute atomic E-state index is 0.0283. The Balaban J connectivity index is 2.20. The molecule has 5 nitrogen and oxygen atoms in total. The molecule has 0 bridgehead atoms. The maximum absolute atomic E-state index is 13.5. The third-order valence-electron chi connectivity index (χ3n) is 3.43. The molecular weight excluding hydrogens is 429 g/mol. The second kappa shape index (κ2) is 6.75. The molecule has 1 N–H and O–H groups in total. The monoisotopic (exact) mass is 444 g/mol. The van der Waals surface area contributed by atoms with Crippen LogP contribution in [-0.2, 0) is 14.8 Å². The lowest BCUT2D eigenvalue weighted by Crippen LogP contribution is -2.49. The summed E-state index contributed by atoms with van der Waals surface area (Å²) >= 11 is 1.53. The Morgan fingerprint density at radius 1 is 1.32 bits per heavy atom. The van der Waals surface area contributed by atoms with Crippen LogP contribution in [0.5, 0.6) is 0 Å². The molecule has 9 heteroatoms. The summed E-state index contributed by atoms with van der Waals surface area (Å²) in [5.41, 5.74) is -0.0283. The highest BCUT2D eigenvalue weighted by atomic mass is 127. The van der Waals surface area contributed by atoms with Gasteiger partial charge in [0.25, 0.3) is 0 Å². The first-order chi connectivity index (χ1) is 10.2. The Hall–Kier alpha value is -0.810. The quantitative estimate of drug-likeness (QED) is 0.575. The number of amides is 1. The van der Waals surface area contributed by atoms with E-state index in [9.17, 15) is 22.0 Å². The zero-order valence-corrected chi connectivity index (χ0v) is 14.7. The van der Waals surface area contributed by atoms with Crippen LogP contribution in [0, 0.1) is 15.2 Å². The van der Waals surface area contributed by atoms with Gasteiger partial charge in [0.15, 0.2) is 0 Å². The number of carbonyl (C=O) groups excluding carboxylic acids is 1. The average molecular weight is 444 g/mol. The van der Waals surface area contributed by atoms with E-state index >= 15 is 0 Å². The first-order valence-electron chi connectivity index (χ1n) is 6.62. The van der Waals surface area contributed by atoms with Crippen LogP contribution in [0.1, 0.15) is 19.3 Å². The lowest BCUT2D eigenvalue weighted by atomic mass is 10.0. The van der Waals surface area contributed by atoms with E-state index in [1.807, 2.05) is 0 Å². The minimum Gasteiger partial charge on any atom is -0.324 e. The van der Waals surface area contributed by atoms with Crippen molar-refractivity contribution in [3.8, 4) is 0 Å². The molecule has 0 radical (unpaired) electrons. The number of hydrogen-bond acceptors (Lipinski definition) is 3. The number of rotatable bonds is 3. The molecule has 22 heavy (non-hydrogen) atoms. The van der Waals surface area contributed by atoms with Crippen LogP contribution in [-0.4, -0.2) is 37.5 Å². The molecule has 1 aromatic carbocycles. The van der Waals surface area contributed by atoms with Crippen LogP contribution in [0.25, 0.3) is 0 Å². The predicted octanol–water partition coefficient (Wildman–Crippen LogP) is 2.32. The first kappa shape index (κ1) is 17.5. The number of benzene rings is 1. The number of piperidine rings is 1. The summed E-state index contributed by atoms with van der Waals surface area (Å²) < 4.78 is 51.4. The number of anilines is 1. The van der Waals surface area contributed by atoms with Crippen molar-refractivity contribution in [2.75, 3.05) is 18.1 Å². The molecule has 2 rings (SSSR count). The Morgan fingerprint density at radius 2 is 1.91 bits per heavy atom. The summed E-state index contributed by atoms with van der Waals surface area (Å²) in [7, 11) is -3.51. The number of carbonyl (C=O) groups is 1. The molecule has 122 valence electrons. The summed E-state index contributed by atoms with van der Waals surface area (Å²) in [5.74, 6) is -2.14. The van der Waals surface area contributed by atoms with Gasteiger partial charge in [-0.25, -0.2) is 17.2 Å². The zero-order valence-electron chi connectivity index (χ0n) is 11.8. The summed E-state index contributed by atoms with van der Waals surface area (Å²) in [6.45, 7) is 0.270. The van der Waals surface area contributed by atoms with Crippen molar-refractivity contribution in [1.82, 2.24) is 4.31 Å². The van der Waals surface area contributed by atoms with Crippen LogP contribution in [0.3, 0.4) is 0 Å². The number of sulfonamides is 1. The van der Waals surface area contributed by atoms with Crippen molar-refractivity contribution in [3.05, 3.63) is 27.3 Å². The molecule has 1 unspecified atom stereocenters. The zero-order chi connectivity index (χ0) is 16.5. The molecule has 0 spiro atoms. The highest BCUT2D eigenvalue weighted by Gasteiger charge is 2.34. The van der Waals surface area contributed by atoms with Gasteiger partial charge in [-0.15, -0.1) is 0 Å². The topological polar surface area (TPSA) is 66.5 Å². The summed E-state index contributed by atoms with van der Waals surface area (Å²) in [6, 6.07) is 1.17. The van der Waals surface area contributed by atoms with Crippen molar-refractivity contribution in [2.45, 2.75) is 25.3 Å². The normalized spacial score (nSPS) is 19.9. The maximum atomic E-state index is 13.5. The third kappa shape index (κ3) is 3.93. The van der Waals surface area contributed by atoms with Gasteiger partial charge >= 0.3 is 0 Å². The van der Waals surface area contributed by atoms with E-state index in [4.69, 9.17) is 0 Å². The lowest BCUT2D eigenvalue weighted by Gasteiger charge is -2.32. The SMILES string of the molecule is CS(=O)(=O)N1CCCCC1C(=O)Nc1cc(F)c(I)c(F)c1. The summed E-state index contributed by atoms with van der Waals surface area (Å²) in [6.07, 6.45) is 2.83. The first-order valence-corrected chi connectivity index (χ1v) is 9.55. The number of nitrogens with one attached hydrogen (secondary N) is 1. The largest absolute Gasteiger partial charge is 0.324 e. The maximum Gasteiger partial charge on any atom is 0.242 e. The third-order valence-corrected chi connectivity index (χ3v) is 5.75. The van der Waals surface area contributed by atoms with Crippen molar-refractivity contribution >= 4 is 44.2 Å². The second-order valence-electron chi connectivity index (χ2n) is 5.13. The molecule has 0 aliphatic carbocycles. The molecule has 1 amide bonds. The molecule has 1 aromatic rings. The molecule has 1 fully saturated rings. The Labute approximate surface area is 141 Å². The summed E-state index contributed by atoms with van der Waals surface area (Å²) in [4.78, 5) is 12.3. The smallest absolute Gasteiger partial charge is 0.242 e. The van der Waals surface area contributed by atoms with E-state index in [-0.39, 0.29) is 15.8 Å². The molecule has 0 saturated carbocycles. The molecular formula is C13H15F2IN2O3S. The predicted molar refractivity (Wildman–Crippen MR) is 86.9 cm³/mol. The van der Waals surface area contributed by atoms with E-state index < -0.39 is 33.6 Å². The molecule has 1 saturated heterocycles. The minimum atomic E-state index is -3.51. The second-order valence-corrected chi connectivity index (χ2v) is 8.14. The van der Waals surface area contributed by atoms with E-state index in [1.54, 1.807) is 0 Å². The number of nitrogens with zero attached hydrogens (tertiary/aromatic N) is 1. The van der Waals surface area contributed by atoms with Crippen molar-refractivity contribution in [3.63, 3.8) is 0 Å². The highest BCUT2D eigenvalue weighted by Crippen LogP contribution is 2.24. The fraction of sp³-hybridized carbons (Fsp3) is 0.462. The highest BCUT2D eigenvalue weighted by molar-refractivity contribution is 14.1. The van der Waals surface area contributed by atoms with Gasteiger partial charge < -0.3 is 5.32 Å². The number of hydrogen-bond donors (Lipinski definition) is 1. The van der Waals surface area contributed by atoms with Crippen molar-refractivity contribution in [1.29, 1.82) is 0 Å². The fourth-order valence-corrected chi connectivity index (χ4v) is 3.85. The van der Waals surface area contributed by atoms with Gasteiger partial charge in [-0.2, -0.15) is 4.31 Å². The Bertz CT molecular complexity index is 674. The van der Waals surface area contributed by atoms with E-state index in [2.05, 4.69) is 5.32 Å². The van der Waals surface area contributed by atoms with Gasteiger partial charge in [-0.05, 0) is 47.6 Å². The molecule has 1 aliphatic rings. The number of halogens is 3. The average Bonchev–Trinajstić information content (AvgIpc) is 2.43. The standard InChI is InChI=1S/C13H15F2IN2O3S/c1-22(20,21)18-5-3-2-4-11(18)13(19)17-8-6-9(14)12(16)10(15)7-8/h6-7,11H,2-5H2,1H3,(H,17,19). The fourth-order valence-electron chi connectivity index (χ4n) is 2.42. The molecule has 0 aromatic heterocycles. The van der Waals surface area contributed by atoms with E-state index in [0.717, 1.165) is 29.1 Å². The van der Waals surface area contributed by atoms with E-state index in [0.29, 0.717) is 12.8 Å². The van der Waals surface area contributed by atoms with Gasteiger partial charge in [-0.1, -0.05) is 6.42 Å². The van der Waals surface area contributed by atoms with Gasteiger partial charge in [0.2, 0.25) is 15.9 Å². The molecule has 1 atom stereocenters. The molecule has 1 heterocycles. The lowest BCUT2D eigenvalue weighted by molar-refractivity contribution is -0.120. The van der Waals surface area contributed by atoms with Crippen molar-refractivity contribution < 1.29 is 22.0 Å². The van der Waals surface area contributed by atoms with Crippen molar-refractivity contribution in [2.24, 2.45) is 0 Å². The summed E-state index contributed by atoms with van der Waals surface area (Å²) in [5, 5.41) is 2.39. The van der Waals surface area contributed by atoms with Gasteiger partial charge in [-0.3, -0.25) is 4.79 Å².